The Bertz CT molecular complexity index is 424. The quantitative estimate of drug-likeness (QED) is 0.840. The van der Waals surface area contributed by atoms with Crippen molar-refractivity contribution in [2.24, 2.45) is 0 Å². The molecule has 0 aromatic carbocycles. The van der Waals surface area contributed by atoms with Gasteiger partial charge in [-0.25, -0.2) is 0 Å². The zero-order valence-electron chi connectivity index (χ0n) is 11.1. The molecule has 0 fully saturated rings. The molecule has 0 unspecified atom stereocenters. The van der Waals surface area contributed by atoms with Gasteiger partial charge in [-0.2, -0.15) is 0 Å². The van der Waals surface area contributed by atoms with Gasteiger partial charge in [-0.15, -0.1) is 0 Å². The first kappa shape index (κ1) is 14.3. The summed E-state index contributed by atoms with van der Waals surface area (Å²) in [5.41, 5.74) is 0.548. The number of aromatic nitrogens is 1. The highest BCUT2D eigenvalue weighted by Crippen LogP contribution is 2.10. The van der Waals surface area contributed by atoms with Crippen LogP contribution >= 0.6 is 0 Å². The number of hydrogen-bond donors (Lipinski definition) is 1. The zero-order valence-corrected chi connectivity index (χ0v) is 11.1. The molecule has 0 radical (unpaired) electrons. The molecule has 1 rings (SSSR count). The summed E-state index contributed by atoms with van der Waals surface area (Å²) in [7, 11) is 0. The number of aliphatic carboxylic acids is 1. The van der Waals surface area contributed by atoms with Gasteiger partial charge >= 0.3 is 5.97 Å². The largest absolute Gasteiger partial charge is 0.480 e. The minimum Gasteiger partial charge on any atom is -0.480 e. The Balaban J connectivity index is 2.94. The van der Waals surface area contributed by atoms with E-state index in [2.05, 4.69) is 0 Å². The van der Waals surface area contributed by atoms with E-state index in [0.29, 0.717) is 5.69 Å². The van der Waals surface area contributed by atoms with Gasteiger partial charge < -0.3 is 14.6 Å². The predicted molar refractivity (Wildman–Crippen MR) is 68.5 cm³/mol. The lowest BCUT2D eigenvalue weighted by atomic mass is 10.2. The van der Waals surface area contributed by atoms with Gasteiger partial charge in [-0.05, 0) is 32.4 Å². The van der Waals surface area contributed by atoms with Crippen molar-refractivity contribution in [1.82, 2.24) is 9.47 Å². The van der Waals surface area contributed by atoms with Crippen molar-refractivity contribution < 1.29 is 14.7 Å². The van der Waals surface area contributed by atoms with Crippen molar-refractivity contribution in [3.8, 4) is 0 Å². The number of carboxylic acid groups (broad SMARTS) is 1. The van der Waals surface area contributed by atoms with Crippen molar-refractivity contribution in [3.05, 3.63) is 24.0 Å². The maximum absolute atomic E-state index is 12.3. The van der Waals surface area contributed by atoms with Crippen LogP contribution in [0.15, 0.2) is 18.3 Å². The summed E-state index contributed by atoms with van der Waals surface area (Å²) in [6.07, 6.45) is 2.77. The highest BCUT2D eigenvalue weighted by Gasteiger charge is 2.23. The Kier molecular flexibility index (Phi) is 4.95. The normalized spacial score (nSPS) is 10.7. The standard InChI is InChI=1S/C13H20N2O3/c1-4-7-14-8-5-6-11(14)13(18)15(10(2)3)9-12(16)17/h5-6,8,10H,4,7,9H2,1-3H3,(H,16,17). The fourth-order valence-corrected chi connectivity index (χ4v) is 1.83. The SMILES string of the molecule is CCCn1cccc1C(=O)N(CC(=O)O)C(C)C. The number of carboxylic acids is 1. The van der Waals surface area contributed by atoms with Gasteiger partial charge in [0.05, 0.1) is 0 Å². The Labute approximate surface area is 107 Å². The van der Waals surface area contributed by atoms with Crippen LogP contribution in [-0.2, 0) is 11.3 Å². The number of hydrogen-bond acceptors (Lipinski definition) is 2. The molecule has 1 aromatic heterocycles. The maximum atomic E-state index is 12.3. The molecule has 0 atom stereocenters. The van der Waals surface area contributed by atoms with E-state index >= 15 is 0 Å². The average molecular weight is 252 g/mol. The van der Waals surface area contributed by atoms with Crippen LogP contribution in [0, 0.1) is 0 Å². The van der Waals surface area contributed by atoms with Crippen LogP contribution in [0.5, 0.6) is 0 Å². The second kappa shape index (κ2) is 6.23. The second-order valence-corrected chi connectivity index (χ2v) is 4.51. The van der Waals surface area contributed by atoms with Crippen LogP contribution in [0.1, 0.15) is 37.7 Å². The Hall–Kier alpha value is -1.78. The third kappa shape index (κ3) is 3.35. The van der Waals surface area contributed by atoms with Crippen LogP contribution in [0.2, 0.25) is 0 Å². The van der Waals surface area contributed by atoms with Crippen molar-refractivity contribution in [1.29, 1.82) is 0 Å². The fraction of sp³-hybridized carbons (Fsp3) is 0.538. The second-order valence-electron chi connectivity index (χ2n) is 4.51. The van der Waals surface area contributed by atoms with Crippen LogP contribution in [0.3, 0.4) is 0 Å². The number of amides is 1. The van der Waals surface area contributed by atoms with Gasteiger partial charge in [0.25, 0.3) is 5.91 Å². The Morgan fingerprint density at radius 3 is 2.61 bits per heavy atom. The predicted octanol–water partition coefficient (Wildman–Crippen LogP) is 1.83. The Morgan fingerprint density at radius 2 is 2.11 bits per heavy atom. The maximum Gasteiger partial charge on any atom is 0.323 e. The lowest BCUT2D eigenvalue weighted by Gasteiger charge is -2.25. The molecule has 100 valence electrons. The smallest absolute Gasteiger partial charge is 0.323 e. The van der Waals surface area contributed by atoms with Gasteiger partial charge in [0.15, 0.2) is 0 Å². The fourth-order valence-electron chi connectivity index (χ4n) is 1.83. The average Bonchev–Trinajstić information content (AvgIpc) is 2.73. The van der Waals surface area contributed by atoms with E-state index in [-0.39, 0.29) is 18.5 Å². The van der Waals surface area contributed by atoms with Crippen molar-refractivity contribution in [2.75, 3.05) is 6.54 Å². The van der Waals surface area contributed by atoms with E-state index in [1.165, 1.54) is 4.90 Å². The van der Waals surface area contributed by atoms with Gasteiger partial charge in [0.1, 0.15) is 12.2 Å². The van der Waals surface area contributed by atoms with Crippen LogP contribution < -0.4 is 0 Å². The summed E-state index contributed by atoms with van der Waals surface area (Å²) in [5, 5.41) is 8.85. The molecule has 1 aromatic rings. The first-order chi connectivity index (χ1) is 8.47. The molecular weight excluding hydrogens is 232 g/mol. The lowest BCUT2D eigenvalue weighted by Crippen LogP contribution is -2.41. The van der Waals surface area contributed by atoms with Gasteiger partial charge in [0, 0.05) is 18.8 Å². The topological polar surface area (TPSA) is 62.5 Å². The van der Waals surface area contributed by atoms with Crippen molar-refractivity contribution in [2.45, 2.75) is 39.8 Å². The van der Waals surface area contributed by atoms with Crippen LogP contribution in [0.4, 0.5) is 0 Å². The highest BCUT2D eigenvalue weighted by molar-refractivity contribution is 5.94. The van der Waals surface area contributed by atoms with E-state index in [4.69, 9.17) is 5.11 Å². The molecular formula is C13H20N2O3. The summed E-state index contributed by atoms with van der Waals surface area (Å²) < 4.78 is 1.86. The summed E-state index contributed by atoms with van der Waals surface area (Å²) in [4.78, 5) is 24.5. The molecule has 0 spiro atoms. The van der Waals surface area contributed by atoms with Gasteiger partial charge in [0.2, 0.25) is 0 Å². The van der Waals surface area contributed by atoms with E-state index < -0.39 is 5.97 Å². The first-order valence-corrected chi connectivity index (χ1v) is 6.15. The minimum absolute atomic E-state index is 0.140. The molecule has 0 aliphatic heterocycles. The van der Waals surface area contributed by atoms with Crippen molar-refractivity contribution in [3.63, 3.8) is 0 Å². The number of carbonyl (C=O) groups is 2. The number of aryl methyl sites for hydroxylation is 1. The number of rotatable bonds is 6. The molecule has 18 heavy (non-hydrogen) atoms. The van der Waals surface area contributed by atoms with Crippen LogP contribution in [0.25, 0.3) is 0 Å². The van der Waals surface area contributed by atoms with E-state index in [1.807, 2.05) is 37.6 Å². The van der Waals surface area contributed by atoms with E-state index in [9.17, 15) is 9.59 Å². The van der Waals surface area contributed by atoms with Crippen LogP contribution in [-0.4, -0.2) is 39.0 Å². The summed E-state index contributed by atoms with van der Waals surface area (Å²) in [5.74, 6) is -1.23. The summed E-state index contributed by atoms with van der Waals surface area (Å²) in [6.45, 7) is 6.15. The minimum atomic E-state index is -0.995. The Morgan fingerprint density at radius 1 is 1.44 bits per heavy atom. The highest BCUT2D eigenvalue weighted by atomic mass is 16.4. The molecule has 0 bridgehead atoms. The summed E-state index contributed by atoms with van der Waals surface area (Å²) >= 11 is 0. The monoisotopic (exact) mass is 252 g/mol. The molecule has 0 saturated carbocycles. The van der Waals surface area contributed by atoms with E-state index in [0.717, 1.165) is 13.0 Å². The number of nitrogens with zero attached hydrogens (tertiary/aromatic N) is 2. The van der Waals surface area contributed by atoms with Gasteiger partial charge in [-0.1, -0.05) is 6.92 Å². The van der Waals surface area contributed by atoms with Crippen molar-refractivity contribution >= 4 is 11.9 Å². The third-order valence-corrected chi connectivity index (χ3v) is 2.70. The zero-order chi connectivity index (χ0) is 13.7. The molecule has 0 saturated heterocycles. The number of carbonyl (C=O) groups excluding carboxylic acids is 1. The lowest BCUT2D eigenvalue weighted by molar-refractivity contribution is -0.138. The van der Waals surface area contributed by atoms with Gasteiger partial charge in [-0.3, -0.25) is 9.59 Å². The summed E-state index contributed by atoms with van der Waals surface area (Å²) in [6, 6.07) is 3.40. The molecule has 0 aliphatic rings. The first-order valence-electron chi connectivity index (χ1n) is 6.15. The molecule has 1 N–H and O–H groups in total. The van der Waals surface area contributed by atoms with E-state index in [1.54, 1.807) is 6.07 Å². The molecule has 5 nitrogen and oxygen atoms in total. The molecule has 0 aliphatic carbocycles. The molecule has 1 heterocycles. The molecule has 1 amide bonds. The third-order valence-electron chi connectivity index (χ3n) is 2.70. The molecule has 5 heteroatoms.